The van der Waals surface area contributed by atoms with Gasteiger partial charge in [-0.2, -0.15) is 0 Å². The van der Waals surface area contributed by atoms with Gasteiger partial charge in [0, 0.05) is 11.1 Å². The Bertz CT molecular complexity index is 1560. The molecule has 0 aliphatic carbocycles. The summed E-state index contributed by atoms with van der Waals surface area (Å²) < 4.78 is 0. The van der Waals surface area contributed by atoms with Crippen LogP contribution in [0.4, 0.5) is 5.69 Å². The monoisotopic (exact) mass is 652 g/mol. The van der Waals surface area contributed by atoms with E-state index in [-0.39, 0.29) is 30.4 Å². The van der Waals surface area contributed by atoms with Gasteiger partial charge in [0.2, 0.25) is 8.07 Å². The summed E-state index contributed by atoms with van der Waals surface area (Å²) in [5.41, 5.74) is 11.5. The van der Waals surface area contributed by atoms with Crippen molar-refractivity contribution in [2.24, 2.45) is 0 Å². The molecule has 0 saturated carbocycles. The molecule has 0 bridgehead atoms. The summed E-state index contributed by atoms with van der Waals surface area (Å²) in [7, 11) is -2.92. The van der Waals surface area contributed by atoms with Crippen molar-refractivity contribution in [3.05, 3.63) is 149 Å². The van der Waals surface area contributed by atoms with E-state index in [9.17, 15) is 4.79 Å². The summed E-state index contributed by atoms with van der Waals surface area (Å²) in [6, 6.07) is 37.7. The van der Waals surface area contributed by atoms with Gasteiger partial charge in [-0.1, -0.05) is 119 Å². The maximum atomic E-state index is 13.4. The maximum absolute atomic E-state index is 13.4. The topological polar surface area (TPSA) is 31.2 Å². The second kappa shape index (κ2) is 15.3. The van der Waals surface area contributed by atoms with Crippen molar-refractivity contribution in [3.63, 3.8) is 0 Å². The van der Waals surface area contributed by atoms with E-state index in [1.807, 2.05) is 109 Å². The van der Waals surface area contributed by atoms with Crippen molar-refractivity contribution >= 4 is 24.9 Å². The molecule has 0 heterocycles. The van der Waals surface area contributed by atoms with Gasteiger partial charge >= 0.3 is 19.5 Å². The van der Waals surface area contributed by atoms with Gasteiger partial charge in [0.05, 0.1) is 0 Å². The number of carbonyl (C=O) groups is 1. The van der Waals surface area contributed by atoms with Crippen LogP contribution >= 0.6 is 0 Å². The number of nitrogens with zero attached hydrogens (tertiary/aromatic N) is 1. The first kappa shape index (κ1) is 32.6. The van der Waals surface area contributed by atoms with E-state index in [1.54, 1.807) is 0 Å². The number of carbonyl (C=O) groups excluding carboxylic acids is 1. The summed E-state index contributed by atoms with van der Waals surface area (Å²) in [5, 5.41) is 5.19. The molecule has 0 aliphatic heterocycles. The zero-order valence-corrected chi connectivity index (χ0v) is 27.2. The van der Waals surface area contributed by atoms with Crippen molar-refractivity contribution < 1.29 is 24.3 Å². The van der Waals surface area contributed by atoms with E-state index in [4.69, 9.17) is 0 Å². The molecule has 0 saturated heterocycles. The number of benzene rings is 4. The van der Waals surface area contributed by atoms with Crippen LogP contribution in [0.1, 0.15) is 57.2 Å². The number of hydrogen-bond acceptors (Lipinski definition) is 1. The number of hydrogen-bond donors (Lipinski definition) is 0. The van der Waals surface area contributed by atoms with Crippen LogP contribution in [0.2, 0.25) is 5.04 Å². The predicted octanol–water partition coefficient (Wildman–Crippen LogP) is 8.43. The van der Waals surface area contributed by atoms with E-state index in [0.717, 1.165) is 28.3 Å². The third-order valence-electron chi connectivity index (χ3n) is 6.82. The Balaban J connectivity index is 0.00000484. The molecule has 2 nitrogen and oxygen atoms in total. The van der Waals surface area contributed by atoms with Crippen LogP contribution in [0.5, 0.6) is 0 Å². The number of rotatable bonds is 6. The van der Waals surface area contributed by atoms with E-state index in [2.05, 4.69) is 68.1 Å². The Morgan fingerprint density at radius 2 is 1.21 bits per heavy atom. The minimum Gasteiger partial charge on any atom is -0.667 e. The molecular formula is C38H35NORhSi. The minimum atomic E-state index is -2.92. The predicted molar refractivity (Wildman–Crippen MR) is 173 cm³/mol. The fourth-order valence-corrected chi connectivity index (χ4v) is 8.01. The van der Waals surface area contributed by atoms with Gasteiger partial charge in [-0.15, -0.1) is 57.4 Å². The van der Waals surface area contributed by atoms with Crippen LogP contribution in [0.3, 0.4) is 0 Å². The molecule has 4 aromatic carbocycles. The molecule has 0 fully saturated rings. The molecule has 4 heteroatoms. The molecule has 0 spiro atoms. The summed E-state index contributed by atoms with van der Waals surface area (Å²) in [5.74, 6) is 6.69. The number of para-hydroxylation sites is 1. The maximum Gasteiger partial charge on any atom is 2.00 e. The minimum absolute atomic E-state index is 0. The fourth-order valence-electron chi connectivity index (χ4n) is 4.56. The van der Waals surface area contributed by atoms with Gasteiger partial charge < -0.3 is 10.1 Å². The Kier molecular flexibility index (Phi) is 11.9. The quantitative estimate of drug-likeness (QED) is 0.0891. The Morgan fingerprint density at radius 3 is 1.71 bits per heavy atom. The summed E-state index contributed by atoms with van der Waals surface area (Å²) in [4.78, 5) is 13.4. The molecular weight excluding hydrogens is 617 g/mol. The van der Waals surface area contributed by atoms with Crippen molar-refractivity contribution in [2.45, 2.75) is 45.6 Å². The van der Waals surface area contributed by atoms with Crippen LogP contribution in [0.25, 0.3) is 5.32 Å². The summed E-state index contributed by atoms with van der Waals surface area (Å²) in [6.07, 6.45) is 4.91. The van der Waals surface area contributed by atoms with Crippen molar-refractivity contribution in [1.82, 2.24) is 0 Å². The van der Waals surface area contributed by atoms with Gasteiger partial charge in [0.1, 0.15) is 0 Å². The molecule has 1 amide bonds. The van der Waals surface area contributed by atoms with Crippen LogP contribution in [-0.4, -0.2) is 14.0 Å². The molecule has 1 radical (unpaired) electrons. The SMILES string of the molecule is CCCC(=[C-]c1ccccc1[Si](C#Cc1ccccc1)(C#Cc1ccccc1)C(C)(C)C)C(=O)[N-]c1ccccc1.[Rh+2]. The largest absolute Gasteiger partial charge is 2.00 e. The molecule has 0 atom stereocenters. The average Bonchev–Trinajstić information content (AvgIpc) is 2.98. The second-order valence-corrected chi connectivity index (χ2v) is 14.9. The van der Waals surface area contributed by atoms with Crippen LogP contribution < -0.4 is 5.19 Å². The third kappa shape index (κ3) is 8.30. The van der Waals surface area contributed by atoms with Crippen LogP contribution in [0.15, 0.2) is 121 Å². The molecule has 42 heavy (non-hydrogen) atoms. The van der Waals surface area contributed by atoms with Gasteiger partial charge in [-0.25, -0.2) is 0 Å². The number of amides is 1. The van der Waals surface area contributed by atoms with E-state index in [1.165, 1.54) is 0 Å². The molecule has 0 N–H and O–H groups in total. The van der Waals surface area contributed by atoms with E-state index >= 15 is 0 Å². The summed E-state index contributed by atoms with van der Waals surface area (Å²) >= 11 is 0. The first-order valence-electron chi connectivity index (χ1n) is 14.0. The molecule has 4 aromatic rings. The van der Waals surface area contributed by atoms with Crippen molar-refractivity contribution in [3.8, 4) is 22.9 Å². The van der Waals surface area contributed by atoms with Gasteiger partial charge in [-0.05, 0) is 41.6 Å². The van der Waals surface area contributed by atoms with Gasteiger partial charge in [0.25, 0.3) is 0 Å². The van der Waals surface area contributed by atoms with E-state index in [0.29, 0.717) is 17.7 Å². The van der Waals surface area contributed by atoms with Crippen molar-refractivity contribution in [1.29, 1.82) is 0 Å². The second-order valence-electron chi connectivity index (χ2n) is 10.9. The molecule has 0 aromatic heterocycles. The molecule has 0 aliphatic rings. The standard InChI is InChI=1S/C38H36NOSi.Rh/c1-5-17-34(37(40)39-35-23-13-8-14-24-35)30-33-22-15-16-25-36(33)41(38(2,3)4,28-26-31-18-9-6-10-19-31)29-27-32-20-11-7-12-21-32;/h6-16,18-25H,5,17H2,1-4H3,(H,39,40);/q-1;+2/p-1. The first-order chi connectivity index (χ1) is 19.8. The normalized spacial score (nSPS) is 11.2. The van der Waals surface area contributed by atoms with Crippen LogP contribution in [0, 0.1) is 29.0 Å². The summed E-state index contributed by atoms with van der Waals surface area (Å²) in [6.45, 7) is 8.74. The third-order valence-corrected chi connectivity index (χ3v) is 11.3. The Hall–Kier alpha value is -3.95. The van der Waals surface area contributed by atoms with E-state index < -0.39 is 8.07 Å². The fraction of sp³-hybridized carbons (Fsp3) is 0.184. The first-order valence-corrected chi connectivity index (χ1v) is 16.0. The van der Waals surface area contributed by atoms with Gasteiger partial charge in [0.15, 0.2) is 0 Å². The Labute approximate surface area is 265 Å². The molecule has 0 unspecified atom stereocenters. The average molecular weight is 653 g/mol. The van der Waals surface area contributed by atoms with Crippen molar-refractivity contribution in [2.75, 3.05) is 0 Å². The molecule has 211 valence electrons. The Morgan fingerprint density at radius 1 is 0.738 bits per heavy atom. The van der Waals surface area contributed by atoms with Gasteiger partial charge in [-0.3, -0.25) is 0 Å². The zero-order valence-electron chi connectivity index (χ0n) is 24.6. The van der Waals surface area contributed by atoms with Crippen LogP contribution in [-0.2, 0) is 24.3 Å². The smallest absolute Gasteiger partial charge is 0.667 e. The zero-order chi connectivity index (χ0) is 29.1. The molecule has 4 rings (SSSR count).